The second-order valence-electron chi connectivity index (χ2n) is 5.30. The van der Waals surface area contributed by atoms with E-state index >= 15 is 0 Å². The summed E-state index contributed by atoms with van der Waals surface area (Å²) in [7, 11) is 0. The van der Waals surface area contributed by atoms with Crippen LogP contribution in [-0.4, -0.2) is 15.5 Å². The van der Waals surface area contributed by atoms with Crippen LogP contribution in [-0.2, 0) is 11.3 Å². The van der Waals surface area contributed by atoms with Crippen molar-refractivity contribution in [2.75, 3.05) is 5.32 Å². The summed E-state index contributed by atoms with van der Waals surface area (Å²) in [5.41, 5.74) is 1.33. The molecule has 1 N–H and O–H groups in total. The molecule has 0 aliphatic heterocycles. The molecule has 0 unspecified atom stereocenters. The van der Waals surface area contributed by atoms with E-state index in [-0.39, 0.29) is 23.8 Å². The molecule has 0 aliphatic rings. The van der Waals surface area contributed by atoms with E-state index in [1.54, 1.807) is 36.4 Å². The van der Waals surface area contributed by atoms with Crippen molar-refractivity contribution in [1.82, 2.24) is 9.55 Å². The maximum atomic E-state index is 13.0. The Balaban J connectivity index is 1.72. The number of anilines is 1. The third-order valence-corrected chi connectivity index (χ3v) is 3.99. The molecule has 0 atom stereocenters. The summed E-state index contributed by atoms with van der Waals surface area (Å²) in [6, 6.07) is 14.1. The molecule has 5 nitrogen and oxygen atoms in total. The maximum Gasteiger partial charge on any atom is 0.254 e. The number of carbonyl (C=O) groups is 1. The predicted octanol–water partition coefficient (Wildman–Crippen LogP) is 3.45. The van der Waals surface area contributed by atoms with Crippen LogP contribution < -0.4 is 10.9 Å². The molecule has 0 fully saturated rings. The third-order valence-electron chi connectivity index (χ3n) is 3.46. The molecule has 0 bridgehead atoms. The van der Waals surface area contributed by atoms with Gasteiger partial charge in [0, 0.05) is 21.8 Å². The molecule has 1 heterocycles. The lowest BCUT2D eigenvalue weighted by atomic mass is 10.1. The molecule has 3 aromatic rings. The normalized spacial score (nSPS) is 10.5. The molecule has 0 radical (unpaired) electrons. The highest BCUT2D eigenvalue weighted by Crippen LogP contribution is 2.15. The first-order chi connectivity index (χ1) is 12.0. The Morgan fingerprint density at radius 3 is 2.44 bits per heavy atom. The molecule has 0 saturated carbocycles. The van der Waals surface area contributed by atoms with E-state index in [2.05, 4.69) is 26.2 Å². The smallest absolute Gasteiger partial charge is 0.254 e. The van der Waals surface area contributed by atoms with Crippen LogP contribution >= 0.6 is 15.9 Å². The molecular weight excluding hydrogens is 389 g/mol. The van der Waals surface area contributed by atoms with Crippen LogP contribution in [0.2, 0.25) is 0 Å². The second-order valence-corrected chi connectivity index (χ2v) is 6.22. The summed E-state index contributed by atoms with van der Waals surface area (Å²) in [5.74, 6) is -0.692. The molecule has 25 heavy (non-hydrogen) atoms. The summed E-state index contributed by atoms with van der Waals surface area (Å²) < 4.78 is 15.1. The Morgan fingerprint density at radius 1 is 1.12 bits per heavy atom. The highest BCUT2D eigenvalue weighted by molar-refractivity contribution is 9.10. The minimum Gasteiger partial charge on any atom is -0.325 e. The van der Waals surface area contributed by atoms with Crippen molar-refractivity contribution in [3.05, 3.63) is 81.6 Å². The SMILES string of the molecule is O=C(Cn1cnc(-c2ccc(F)cc2)cc1=O)Nc1ccc(Br)cc1. The standard InChI is InChI=1S/C18H13BrFN3O2/c19-13-3-7-15(8-4-13)22-17(24)10-23-11-21-16(9-18(23)25)12-1-5-14(20)6-2-12/h1-9,11H,10H2,(H,22,24). The van der Waals surface area contributed by atoms with E-state index in [0.29, 0.717) is 16.9 Å². The fourth-order valence-electron chi connectivity index (χ4n) is 2.21. The summed E-state index contributed by atoms with van der Waals surface area (Å²) in [5, 5.41) is 2.71. The molecular formula is C18H13BrFN3O2. The fraction of sp³-hybridized carbons (Fsp3) is 0.0556. The highest BCUT2D eigenvalue weighted by Gasteiger charge is 2.08. The first-order valence-electron chi connectivity index (χ1n) is 7.39. The van der Waals surface area contributed by atoms with Gasteiger partial charge in [0.25, 0.3) is 5.56 Å². The van der Waals surface area contributed by atoms with Crippen LogP contribution in [0.4, 0.5) is 10.1 Å². The van der Waals surface area contributed by atoms with Crippen molar-refractivity contribution in [3.63, 3.8) is 0 Å². The average molecular weight is 402 g/mol. The number of benzene rings is 2. The Kier molecular flexibility index (Phi) is 5.04. The van der Waals surface area contributed by atoms with Gasteiger partial charge in [-0.2, -0.15) is 0 Å². The molecule has 1 aromatic heterocycles. The van der Waals surface area contributed by atoms with Gasteiger partial charge in [0.1, 0.15) is 12.4 Å². The Labute approximate surface area is 151 Å². The minimum atomic E-state index is -0.361. The van der Waals surface area contributed by atoms with E-state index in [1.165, 1.54) is 29.1 Å². The molecule has 1 amide bonds. The molecule has 7 heteroatoms. The fourth-order valence-corrected chi connectivity index (χ4v) is 2.48. The topological polar surface area (TPSA) is 64.0 Å². The van der Waals surface area contributed by atoms with Crippen LogP contribution in [0, 0.1) is 5.82 Å². The Morgan fingerprint density at radius 2 is 1.80 bits per heavy atom. The van der Waals surface area contributed by atoms with Crippen LogP contribution in [0.15, 0.2) is 70.2 Å². The Bertz CT molecular complexity index is 953. The lowest BCUT2D eigenvalue weighted by molar-refractivity contribution is -0.116. The maximum absolute atomic E-state index is 13.0. The lowest BCUT2D eigenvalue weighted by Gasteiger charge is -2.08. The van der Waals surface area contributed by atoms with Crippen molar-refractivity contribution >= 4 is 27.5 Å². The zero-order valence-corrected chi connectivity index (χ0v) is 14.5. The zero-order valence-electron chi connectivity index (χ0n) is 12.9. The van der Waals surface area contributed by atoms with E-state index in [1.807, 2.05) is 0 Å². The number of nitrogens with zero attached hydrogens (tertiary/aromatic N) is 2. The minimum absolute atomic E-state index is 0.147. The number of amides is 1. The van der Waals surface area contributed by atoms with Gasteiger partial charge in [0.2, 0.25) is 5.91 Å². The zero-order chi connectivity index (χ0) is 17.8. The highest BCUT2D eigenvalue weighted by atomic mass is 79.9. The summed E-state index contributed by atoms with van der Waals surface area (Å²) in [6.45, 7) is -0.147. The van der Waals surface area contributed by atoms with Gasteiger partial charge in [-0.25, -0.2) is 9.37 Å². The summed E-state index contributed by atoms with van der Waals surface area (Å²) in [6.07, 6.45) is 1.31. The number of hydrogen-bond donors (Lipinski definition) is 1. The lowest BCUT2D eigenvalue weighted by Crippen LogP contribution is -2.27. The largest absolute Gasteiger partial charge is 0.325 e. The third kappa shape index (κ3) is 4.39. The molecule has 0 aliphatic carbocycles. The predicted molar refractivity (Wildman–Crippen MR) is 96.7 cm³/mol. The van der Waals surface area contributed by atoms with Gasteiger partial charge in [-0.05, 0) is 48.5 Å². The van der Waals surface area contributed by atoms with E-state index < -0.39 is 0 Å². The molecule has 126 valence electrons. The molecule has 3 rings (SSSR count). The second kappa shape index (κ2) is 7.40. The van der Waals surface area contributed by atoms with Gasteiger partial charge in [-0.15, -0.1) is 0 Å². The average Bonchev–Trinajstić information content (AvgIpc) is 2.59. The van der Waals surface area contributed by atoms with Crippen LogP contribution in [0.5, 0.6) is 0 Å². The van der Waals surface area contributed by atoms with Gasteiger partial charge in [-0.3, -0.25) is 14.2 Å². The van der Waals surface area contributed by atoms with Gasteiger partial charge in [-0.1, -0.05) is 15.9 Å². The number of rotatable bonds is 4. The molecule has 0 saturated heterocycles. The van der Waals surface area contributed by atoms with Crippen LogP contribution in [0.25, 0.3) is 11.3 Å². The van der Waals surface area contributed by atoms with E-state index in [0.717, 1.165) is 4.47 Å². The van der Waals surface area contributed by atoms with Crippen molar-refractivity contribution in [3.8, 4) is 11.3 Å². The monoisotopic (exact) mass is 401 g/mol. The van der Waals surface area contributed by atoms with Crippen molar-refractivity contribution in [1.29, 1.82) is 0 Å². The first-order valence-corrected chi connectivity index (χ1v) is 8.18. The number of hydrogen-bond acceptors (Lipinski definition) is 3. The van der Waals surface area contributed by atoms with Crippen molar-refractivity contribution < 1.29 is 9.18 Å². The van der Waals surface area contributed by atoms with E-state index in [4.69, 9.17) is 0 Å². The number of carbonyl (C=O) groups excluding carboxylic acids is 1. The number of nitrogens with one attached hydrogen (secondary N) is 1. The van der Waals surface area contributed by atoms with Gasteiger partial charge in [0.05, 0.1) is 12.0 Å². The quantitative estimate of drug-likeness (QED) is 0.727. The molecule has 2 aromatic carbocycles. The van der Waals surface area contributed by atoms with Crippen LogP contribution in [0.3, 0.4) is 0 Å². The summed E-state index contributed by atoms with van der Waals surface area (Å²) in [4.78, 5) is 28.4. The number of halogens is 2. The van der Waals surface area contributed by atoms with Gasteiger partial charge in [0.15, 0.2) is 0 Å². The van der Waals surface area contributed by atoms with Gasteiger partial charge < -0.3 is 5.32 Å². The summed E-state index contributed by atoms with van der Waals surface area (Å²) >= 11 is 3.32. The number of aromatic nitrogens is 2. The van der Waals surface area contributed by atoms with Gasteiger partial charge >= 0.3 is 0 Å². The van der Waals surface area contributed by atoms with Crippen molar-refractivity contribution in [2.24, 2.45) is 0 Å². The van der Waals surface area contributed by atoms with E-state index in [9.17, 15) is 14.0 Å². The molecule has 0 spiro atoms. The first kappa shape index (κ1) is 17.0. The Hall–Kier alpha value is -2.80. The van der Waals surface area contributed by atoms with Crippen molar-refractivity contribution in [2.45, 2.75) is 6.54 Å². The van der Waals surface area contributed by atoms with Crippen LogP contribution in [0.1, 0.15) is 0 Å².